The first-order valence-electron chi connectivity index (χ1n) is 10.5. The van der Waals surface area contributed by atoms with Crippen LogP contribution < -0.4 is 10.6 Å². The fraction of sp³-hybridized carbons (Fsp3) is 0.417. The van der Waals surface area contributed by atoms with Crippen LogP contribution in [0.5, 0.6) is 0 Å². The molecule has 1 aliphatic rings. The quantitative estimate of drug-likeness (QED) is 0.768. The number of nitrogens with zero attached hydrogens (tertiary/aromatic N) is 1. The lowest BCUT2D eigenvalue weighted by Crippen LogP contribution is -2.53. The van der Waals surface area contributed by atoms with Gasteiger partial charge in [-0.2, -0.15) is 0 Å². The molecule has 0 bridgehead atoms. The Labute approximate surface area is 173 Å². The maximum atomic E-state index is 13.1. The number of hydrogen-bond donors (Lipinski definition) is 2. The van der Waals surface area contributed by atoms with E-state index in [-0.39, 0.29) is 17.9 Å². The minimum Gasteiger partial charge on any atom is -0.341 e. The van der Waals surface area contributed by atoms with Crippen molar-refractivity contribution in [1.82, 2.24) is 10.2 Å². The number of hydrogen-bond acceptors (Lipinski definition) is 2. The second kappa shape index (κ2) is 10.1. The number of likely N-dealkylation sites (tertiary alicyclic amines) is 1. The molecular weight excluding hydrogens is 362 g/mol. The highest BCUT2D eigenvalue weighted by molar-refractivity contribution is 5.93. The third-order valence-electron chi connectivity index (χ3n) is 5.54. The summed E-state index contributed by atoms with van der Waals surface area (Å²) in [6.45, 7) is 5.43. The van der Waals surface area contributed by atoms with E-state index in [4.69, 9.17) is 0 Å². The highest BCUT2D eigenvalue weighted by atomic mass is 16.2. The molecule has 2 N–H and O–H groups in total. The summed E-state index contributed by atoms with van der Waals surface area (Å²) < 4.78 is 0. The van der Waals surface area contributed by atoms with E-state index in [1.807, 2.05) is 55.1 Å². The van der Waals surface area contributed by atoms with E-state index in [0.29, 0.717) is 11.6 Å². The fourth-order valence-corrected chi connectivity index (χ4v) is 3.85. The Morgan fingerprint density at radius 2 is 1.55 bits per heavy atom. The zero-order chi connectivity index (χ0) is 20.6. The smallest absolute Gasteiger partial charge is 0.319 e. The van der Waals surface area contributed by atoms with Crippen molar-refractivity contribution in [2.45, 2.75) is 39.2 Å². The summed E-state index contributed by atoms with van der Waals surface area (Å²) in [6.07, 6.45) is 3.07. The van der Waals surface area contributed by atoms with Gasteiger partial charge < -0.3 is 15.5 Å². The molecular formula is C24H31N3O2. The van der Waals surface area contributed by atoms with Gasteiger partial charge in [-0.1, -0.05) is 62.4 Å². The maximum absolute atomic E-state index is 13.1. The first-order valence-corrected chi connectivity index (χ1v) is 10.5. The highest BCUT2D eigenvalue weighted by Crippen LogP contribution is 2.23. The van der Waals surface area contributed by atoms with Gasteiger partial charge in [0.15, 0.2) is 0 Å². The van der Waals surface area contributed by atoms with Crippen LogP contribution in [0.3, 0.4) is 0 Å². The second-order valence-corrected chi connectivity index (χ2v) is 8.14. The predicted octanol–water partition coefficient (Wildman–Crippen LogP) is 4.31. The Kier molecular flexibility index (Phi) is 7.28. The normalized spacial score (nSPS) is 15.8. The van der Waals surface area contributed by atoms with E-state index in [1.54, 1.807) is 0 Å². The molecule has 0 radical (unpaired) electrons. The van der Waals surface area contributed by atoms with Crippen molar-refractivity contribution in [3.8, 4) is 0 Å². The van der Waals surface area contributed by atoms with Gasteiger partial charge in [-0.3, -0.25) is 4.79 Å². The standard InChI is InChI=1S/C24H31N3O2/c1-18(2)22(26-24(29)25-21-11-7-4-8-12-21)23(28)27-15-13-20(14-16-27)17-19-9-5-3-6-10-19/h3-12,18,20,22H,13-17H2,1-2H3,(H2,25,26,29). The Balaban J connectivity index is 1.52. The number of amides is 3. The molecule has 0 aliphatic carbocycles. The van der Waals surface area contributed by atoms with Gasteiger partial charge in [0.1, 0.15) is 6.04 Å². The minimum atomic E-state index is -0.524. The van der Waals surface area contributed by atoms with Crippen molar-refractivity contribution >= 4 is 17.6 Å². The Morgan fingerprint density at radius 1 is 0.966 bits per heavy atom. The molecule has 0 spiro atoms. The van der Waals surface area contributed by atoms with Gasteiger partial charge in [-0.15, -0.1) is 0 Å². The molecule has 2 aromatic carbocycles. The van der Waals surface area contributed by atoms with E-state index >= 15 is 0 Å². The summed E-state index contributed by atoms with van der Waals surface area (Å²) in [5.41, 5.74) is 2.07. The molecule has 3 amide bonds. The molecule has 0 saturated carbocycles. The molecule has 1 atom stereocenters. The van der Waals surface area contributed by atoms with Crippen LogP contribution in [0.1, 0.15) is 32.3 Å². The van der Waals surface area contributed by atoms with Gasteiger partial charge in [0.05, 0.1) is 0 Å². The van der Waals surface area contributed by atoms with Crippen molar-refractivity contribution in [2.24, 2.45) is 11.8 Å². The lowest BCUT2D eigenvalue weighted by atomic mass is 9.89. The van der Waals surface area contributed by atoms with E-state index < -0.39 is 6.04 Å². The number of urea groups is 1. The zero-order valence-corrected chi connectivity index (χ0v) is 17.3. The van der Waals surface area contributed by atoms with Gasteiger partial charge in [0, 0.05) is 18.8 Å². The Morgan fingerprint density at radius 3 is 2.14 bits per heavy atom. The van der Waals surface area contributed by atoms with Crippen molar-refractivity contribution in [1.29, 1.82) is 0 Å². The van der Waals surface area contributed by atoms with Crippen LogP contribution in [0.25, 0.3) is 0 Å². The number of rotatable bonds is 6. The van der Waals surface area contributed by atoms with Crippen molar-refractivity contribution in [3.63, 3.8) is 0 Å². The number of piperidine rings is 1. The third kappa shape index (κ3) is 6.08. The highest BCUT2D eigenvalue weighted by Gasteiger charge is 2.31. The number of carbonyl (C=O) groups is 2. The average molecular weight is 394 g/mol. The Hall–Kier alpha value is -2.82. The monoisotopic (exact) mass is 393 g/mol. The van der Waals surface area contributed by atoms with E-state index in [0.717, 1.165) is 32.4 Å². The van der Waals surface area contributed by atoms with Gasteiger partial charge in [-0.25, -0.2) is 4.79 Å². The molecule has 0 aromatic heterocycles. The largest absolute Gasteiger partial charge is 0.341 e. The van der Waals surface area contributed by atoms with E-state index in [2.05, 4.69) is 34.9 Å². The summed E-state index contributed by atoms with van der Waals surface area (Å²) in [7, 11) is 0. The van der Waals surface area contributed by atoms with E-state index in [1.165, 1.54) is 5.56 Å². The molecule has 1 fully saturated rings. The molecule has 1 aliphatic heterocycles. The van der Waals surface area contributed by atoms with Crippen LogP contribution in [0, 0.1) is 11.8 Å². The number of benzene rings is 2. The molecule has 5 heteroatoms. The van der Waals surface area contributed by atoms with Crippen molar-refractivity contribution in [2.75, 3.05) is 18.4 Å². The molecule has 29 heavy (non-hydrogen) atoms. The molecule has 154 valence electrons. The van der Waals surface area contributed by atoms with Crippen LogP contribution in [0.2, 0.25) is 0 Å². The summed E-state index contributed by atoms with van der Waals surface area (Å²) in [5, 5.41) is 5.67. The molecule has 3 rings (SSSR count). The van der Waals surface area contributed by atoms with Gasteiger partial charge >= 0.3 is 6.03 Å². The molecule has 2 aromatic rings. The molecule has 1 unspecified atom stereocenters. The molecule has 5 nitrogen and oxygen atoms in total. The molecule has 1 saturated heterocycles. The maximum Gasteiger partial charge on any atom is 0.319 e. The SMILES string of the molecule is CC(C)C(NC(=O)Nc1ccccc1)C(=O)N1CCC(Cc2ccccc2)CC1. The topological polar surface area (TPSA) is 61.4 Å². The molecule has 1 heterocycles. The first-order chi connectivity index (χ1) is 14.0. The average Bonchev–Trinajstić information content (AvgIpc) is 2.73. The van der Waals surface area contributed by atoms with Gasteiger partial charge in [-0.05, 0) is 48.8 Å². The van der Waals surface area contributed by atoms with Gasteiger partial charge in [0.25, 0.3) is 0 Å². The zero-order valence-electron chi connectivity index (χ0n) is 17.3. The lowest BCUT2D eigenvalue weighted by molar-refractivity contribution is -0.135. The van der Waals surface area contributed by atoms with E-state index in [9.17, 15) is 9.59 Å². The van der Waals surface area contributed by atoms with Crippen LogP contribution in [-0.2, 0) is 11.2 Å². The fourth-order valence-electron chi connectivity index (χ4n) is 3.85. The van der Waals surface area contributed by atoms with Crippen LogP contribution in [0.4, 0.5) is 10.5 Å². The summed E-state index contributed by atoms with van der Waals surface area (Å²) in [4.78, 5) is 27.4. The third-order valence-corrected chi connectivity index (χ3v) is 5.54. The lowest BCUT2D eigenvalue weighted by Gasteiger charge is -2.35. The van der Waals surface area contributed by atoms with Crippen LogP contribution in [0.15, 0.2) is 60.7 Å². The summed E-state index contributed by atoms with van der Waals surface area (Å²) in [5.74, 6) is 0.640. The summed E-state index contributed by atoms with van der Waals surface area (Å²) >= 11 is 0. The van der Waals surface area contributed by atoms with Crippen molar-refractivity contribution < 1.29 is 9.59 Å². The Bertz CT molecular complexity index is 784. The number of anilines is 1. The number of para-hydroxylation sites is 1. The van der Waals surface area contributed by atoms with Crippen molar-refractivity contribution in [3.05, 3.63) is 66.2 Å². The number of nitrogens with one attached hydrogen (secondary N) is 2. The first kappa shape index (κ1) is 20.9. The summed E-state index contributed by atoms with van der Waals surface area (Å²) in [6, 6.07) is 18.9. The minimum absolute atomic E-state index is 0.0152. The second-order valence-electron chi connectivity index (χ2n) is 8.14. The van der Waals surface area contributed by atoms with Crippen LogP contribution >= 0.6 is 0 Å². The van der Waals surface area contributed by atoms with Gasteiger partial charge in [0.2, 0.25) is 5.91 Å². The van der Waals surface area contributed by atoms with Crippen LogP contribution in [-0.4, -0.2) is 36.0 Å². The predicted molar refractivity (Wildman–Crippen MR) is 117 cm³/mol. The number of carbonyl (C=O) groups excluding carboxylic acids is 2.